The first-order valence-electron chi connectivity index (χ1n) is 4.38. The summed E-state index contributed by atoms with van der Waals surface area (Å²) in [7, 11) is 0. The van der Waals surface area contributed by atoms with Crippen molar-refractivity contribution in [1.29, 1.82) is 0 Å². The molecule has 0 saturated carbocycles. The lowest BCUT2D eigenvalue weighted by Crippen LogP contribution is -2.20. The second kappa shape index (κ2) is 4.08. The van der Waals surface area contributed by atoms with Gasteiger partial charge in [-0.2, -0.15) is 0 Å². The average molecular weight is 174 g/mol. The largest absolute Gasteiger partial charge is 0.380 e. The van der Waals surface area contributed by atoms with Gasteiger partial charge in [0.25, 0.3) is 0 Å². The highest BCUT2D eigenvalue weighted by molar-refractivity contribution is 5.26. The first-order chi connectivity index (χ1) is 6.23. The van der Waals surface area contributed by atoms with E-state index in [1.165, 1.54) is 0 Å². The van der Waals surface area contributed by atoms with Gasteiger partial charge in [0.15, 0.2) is 0 Å². The van der Waals surface area contributed by atoms with Gasteiger partial charge in [-0.1, -0.05) is 43.8 Å². The Morgan fingerprint density at radius 1 is 1.46 bits per heavy atom. The first kappa shape index (κ1) is 9.79. The number of rotatable bonds is 3. The smallest absolute Gasteiger partial charge is 0.115 e. The molecule has 0 unspecified atom stereocenters. The highest BCUT2D eigenvalue weighted by atomic mass is 16.3. The van der Waals surface area contributed by atoms with E-state index in [2.05, 4.69) is 12.3 Å². The van der Waals surface area contributed by atoms with Crippen LogP contribution in [0.15, 0.2) is 48.7 Å². The van der Waals surface area contributed by atoms with Gasteiger partial charge >= 0.3 is 0 Å². The molecule has 0 bridgehead atoms. The third kappa shape index (κ3) is 2.09. The number of benzene rings is 1. The number of hydrogen-bond acceptors (Lipinski definition) is 1. The molecule has 1 N–H and O–H groups in total. The Labute approximate surface area is 79.0 Å². The van der Waals surface area contributed by atoms with Crippen LogP contribution in [0, 0.1) is 0 Å². The van der Waals surface area contributed by atoms with Gasteiger partial charge in [-0.3, -0.25) is 0 Å². The van der Waals surface area contributed by atoms with E-state index in [0.717, 1.165) is 5.56 Å². The summed E-state index contributed by atoms with van der Waals surface area (Å²) in [4.78, 5) is 0. The molecule has 0 amide bonds. The predicted octanol–water partition coefficient (Wildman–Crippen LogP) is 2.63. The standard InChI is InChI=1S/C12H14O/c1-3-10-12(13,4-2)11-8-6-5-7-9-11/h5-10,13H,1,4H2,2H3/t12-/m1/s1. The lowest BCUT2D eigenvalue weighted by Gasteiger charge is -2.22. The Kier molecular flexibility index (Phi) is 3.07. The minimum absolute atomic E-state index is 0.625. The van der Waals surface area contributed by atoms with Gasteiger partial charge in [0.05, 0.1) is 0 Å². The van der Waals surface area contributed by atoms with Gasteiger partial charge in [-0.05, 0) is 18.1 Å². The zero-order valence-corrected chi connectivity index (χ0v) is 7.83. The van der Waals surface area contributed by atoms with Gasteiger partial charge in [0.1, 0.15) is 5.60 Å². The van der Waals surface area contributed by atoms with Crippen LogP contribution in [0.25, 0.3) is 0 Å². The maximum atomic E-state index is 10.1. The molecule has 0 saturated heterocycles. The summed E-state index contributed by atoms with van der Waals surface area (Å²) in [6.45, 7) is 5.41. The molecule has 0 radical (unpaired) electrons. The fourth-order valence-electron chi connectivity index (χ4n) is 1.29. The monoisotopic (exact) mass is 174 g/mol. The van der Waals surface area contributed by atoms with Crippen molar-refractivity contribution in [2.24, 2.45) is 0 Å². The van der Waals surface area contributed by atoms with E-state index in [1.54, 1.807) is 6.08 Å². The van der Waals surface area contributed by atoms with Gasteiger partial charge in [-0.15, -0.1) is 5.73 Å². The van der Waals surface area contributed by atoms with Crippen LogP contribution >= 0.6 is 0 Å². The minimum atomic E-state index is -0.914. The molecule has 1 aromatic carbocycles. The van der Waals surface area contributed by atoms with E-state index in [4.69, 9.17) is 0 Å². The molecule has 1 rings (SSSR count). The minimum Gasteiger partial charge on any atom is -0.380 e. The maximum Gasteiger partial charge on any atom is 0.115 e. The van der Waals surface area contributed by atoms with Crippen molar-refractivity contribution in [3.8, 4) is 0 Å². The Morgan fingerprint density at radius 3 is 2.54 bits per heavy atom. The van der Waals surface area contributed by atoms with Gasteiger partial charge in [0.2, 0.25) is 0 Å². The Bertz CT molecular complexity index is 309. The molecule has 0 aliphatic carbocycles. The van der Waals surface area contributed by atoms with Crippen LogP contribution in [0.2, 0.25) is 0 Å². The van der Waals surface area contributed by atoms with Gasteiger partial charge in [-0.25, -0.2) is 0 Å². The van der Waals surface area contributed by atoms with E-state index in [-0.39, 0.29) is 0 Å². The Balaban J connectivity index is 3.10. The van der Waals surface area contributed by atoms with Crippen LogP contribution in [0.4, 0.5) is 0 Å². The van der Waals surface area contributed by atoms with Crippen molar-refractivity contribution >= 4 is 0 Å². The molecule has 1 nitrogen and oxygen atoms in total. The van der Waals surface area contributed by atoms with Crippen molar-refractivity contribution in [1.82, 2.24) is 0 Å². The predicted molar refractivity (Wildman–Crippen MR) is 54.3 cm³/mol. The fourth-order valence-corrected chi connectivity index (χ4v) is 1.29. The lowest BCUT2D eigenvalue weighted by molar-refractivity contribution is 0.0854. The molecule has 1 aromatic rings. The van der Waals surface area contributed by atoms with Crippen molar-refractivity contribution in [2.75, 3.05) is 0 Å². The average Bonchev–Trinajstić information content (AvgIpc) is 2.19. The van der Waals surface area contributed by atoms with Crippen molar-refractivity contribution in [3.05, 3.63) is 54.3 Å². The van der Waals surface area contributed by atoms with Crippen LogP contribution in [0.1, 0.15) is 18.9 Å². The second-order valence-electron chi connectivity index (χ2n) is 2.99. The van der Waals surface area contributed by atoms with Crippen molar-refractivity contribution < 1.29 is 5.11 Å². The molecule has 1 heteroatoms. The molecule has 0 aliphatic heterocycles. The second-order valence-corrected chi connectivity index (χ2v) is 2.99. The van der Waals surface area contributed by atoms with Crippen LogP contribution in [0.5, 0.6) is 0 Å². The molecule has 13 heavy (non-hydrogen) atoms. The van der Waals surface area contributed by atoms with Gasteiger partial charge < -0.3 is 5.11 Å². The topological polar surface area (TPSA) is 20.2 Å². The summed E-state index contributed by atoms with van der Waals surface area (Å²) in [6.07, 6.45) is 2.22. The Morgan fingerprint density at radius 2 is 2.08 bits per heavy atom. The molecular formula is C12H14O. The normalized spacial score (nSPS) is 14.3. The van der Waals surface area contributed by atoms with E-state index in [1.807, 2.05) is 37.3 Å². The third-order valence-corrected chi connectivity index (χ3v) is 2.15. The van der Waals surface area contributed by atoms with E-state index in [9.17, 15) is 5.11 Å². The summed E-state index contributed by atoms with van der Waals surface area (Å²) in [5.41, 5.74) is 2.60. The molecule has 0 aromatic heterocycles. The van der Waals surface area contributed by atoms with Crippen molar-refractivity contribution in [3.63, 3.8) is 0 Å². The molecule has 0 fully saturated rings. The molecular weight excluding hydrogens is 160 g/mol. The molecule has 1 atom stereocenters. The van der Waals surface area contributed by atoms with E-state index >= 15 is 0 Å². The Hall–Kier alpha value is -1.30. The highest BCUT2D eigenvalue weighted by Gasteiger charge is 2.22. The van der Waals surface area contributed by atoms with Crippen LogP contribution in [-0.2, 0) is 5.60 Å². The maximum absolute atomic E-state index is 10.1. The summed E-state index contributed by atoms with van der Waals surface area (Å²) in [6, 6.07) is 9.55. The molecule has 68 valence electrons. The zero-order chi connectivity index (χ0) is 9.73. The number of hydrogen-bond donors (Lipinski definition) is 1. The molecule has 0 aliphatic rings. The summed E-state index contributed by atoms with van der Waals surface area (Å²) in [5, 5.41) is 10.1. The van der Waals surface area contributed by atoms with Crippen molar-refractivity contribution in [2.45, 2.75) is 18.9 Å². The third-order valence-electron chi connectivity index (χ3n) is 2.15. The highest BCUT2D eigenvalue weighted by Crippen LogP contribution is 2.25. The zero-order valence-electron chi connectivity index (χ0n) is 7.83. The summed E-state index contributed by atoms with van der Waals surface area (Å²) < 4.78 is 0. The van der Waals surface area contributed by atoms with Crippen LogP contribution < -0.4 is 0 Å². The van der Waals surface area contributed by atoms with E-state index < -0.39 is 5.60 Å². The summed E-state index contributed by atoms with van der Waals surface area (Å²) >= 11 is 0. The molecule has 0 heterocycles. The van der Waals surface area contributed by atoms with Gasteiger partial charge in [0, 0.05) is 0 Å². The van der Waals surface area contributed by atoms with Crippen LogP contribution in [0.3, 0.4) is 0 Å². The quantitative estimate of drug-likeness (QED) is 0.698. The van der Waals surface area contributed by atoms with E-state index in [0.29, 0.717) is 6.42 Å². The number of aliphatic hydroxyl groups is 1. The van der Waals surface area contributed by atoms with Crippen LogP contribution in [-0.4, -0.2) is 5.11 Å². The summed E-state index contributed by atoms with van der Waals surface area (Å²) in [5.74, 6) is 0. The molecule has 0 spiro atoms. The fraction of sp³-hybridized carbons (Fsp3) is 0.250. The first-order valence-corrected chi connectivity index (χ1v) is 4.38. The lowest BCUT2D eigenvalue weighted by atomic mass is 9.91. The SMILES string of the molecule is C=C=C[C@](O)(CC)c1ccccc1.